The molecule has 1 aromatic rings. The molecule has 20 heavy (non-hydrogen) atoms. The second-order valence-electron chi connectivity index (χ2n) is 5.21. The molecule has 2 unspecified atom stereocenters. The van der Waals surface area contributed by atoms with Crippen molar-refractivity contribution in [1.82, 2.24) is 4.90 Å². The number of likely N-dealkylation sites (tertiary alicyclic amines) is 1. The third kappa shape index (κ3) is 2.63. The largest absolute Gasteiger partial charge is 0.394 e. The number of aliphatic hydroxyl groups is 1. The summed E-state index contributed by atoms with van der Waals surface area (Å²) in [5, 5.41) is 12.4. The third-order valence-corrected chi connectivity index (χ3v) is 3.93. The summed E-state index contributed by atoms with van der Waals surface area (Å²) in [6.45, 7) is 4.97. The molecule has 2 N–H and O–H groups in total. The Morgan fingerprint density at radius 3 is 2.95 bits per heavy atom. The summed E-state index contributed by atoms with van der Waals surface area (Å²) in [6, 6.07) is 4.32. The van der Waals surface area contributed by atoms with Crippen LogP contribution in [-0.4, -0.2) is 41.7 Å². The molecule has 2 rings (SSSR count). The number of nitrogens with zero attached hydrogens (tertiary/aromatic N) is 1. The minimum Gasteiger partial charge on any atom is -0.394 e. The first-order chi connectivity index (χ1) is 9.60. The first kappa shape index (κ1) is 14.8. The second kappa shape index (κ2) is 6.22. The average molecular weight is 280 g/mol. The number of hydrogen-bond acceptors (Lipinski definition) is 3. The molecule has 0 spiro atoms. The fourth-order valence-electron chi connectivity index (χ4n) is 2.75. The fraction of sp³-hybridized carbons (Fsp3) is 0.533. The van der Waals surface area contributed by atoms with Gasteiger partial charge in [-0.25, -0.2) is 4.39 Å². The molecule has 1 aromatic carbocycles. The van der Waals surface area contributed by atoms with Gasteiger partial charge in [0.05, 0.1) is 23.9 Å². The van der Waals surface area contributed by atoms with E-state index in [1.54, 1.807) is 11.0 Å². The Balaban J connectivity index is 2.32. The summed E-state index contributed by atoms with van der Waals surface area (Å²) in [7, 11) is 0. The van der Waals surface area contributed by atoms with E-state index >= 15 is 0 Å². The van der Waals surface area contributed by atoms with Crippen LogP contribution in [0.25, 0.3) is 0 Å². The summed E-state index contributed by atoms with van der Waals surface area (Å²) in [6.07, 6.45) is 0.864. The monoisotopic (exact) mass is 280 g/mol. The fourth-order valence-corrected chi connectivity index (χ4v) is 2.75. The molecule has 1 saturated heterocycles. The molecule has 0 bridgehead atoms. The van der Waals surface area contributed by atoms with Crippen molar-refractivity contribution in [2.24, 2.45) is 5.92 Å². The number of carbonyl (C=O) groups is 1. The standard InChI is InChI=1S/C15H21FN2O2/c1-3-17-14-11(5-4-6-12(14)16)15(20)18-8-7-10(2)13(18)9-19/h4-6,10,13,17,19H,3,7-9H2,1-2H3. The van der Waals surface area contributed by atoms with Gasteiger partial charge in [0.15, 0.2) is 0 Å². The molecule has 4 nitrogen and oxygen atoms in total. The van der Waals surface area contributed by atoms with Crippen LogP contribution in [0.15, 0.2) is 18.2 Å². The smallest absolute Gasteiger partial charge is 0.256 e. The second-order valence-corrected chi connectivity index (χ2v) is 5.21. The highest BCUT2D eigenvalue weighted by atomic mass is 19.1. The number of nitrogens with one attached hydrogen (secondary N) is 1. The van der Waals surface area contributed by atoms with Gasteiger partial charge < -0.3 is 15.3 Å². The molecular formula is C15H21FN2O2. The molecule has 5 heteroatoms. The van der Waals surface area contributed by atoms with Crippen molar-refractivity contribution in [3.8, 4) is 0 Å². The molecule has 0 radical (unpaired) electrons. The van der Waals surface area contributed by atoms with E-state index in [4.69, 9.17) is 0 Å². The molecule has 1 aliphatic rings. The van der Waals surface area contributed by atoms with E-state index in [1.165, 1.54) is 12.1 Å². The van der Waals surface area contributed by atoms with Gasteiger partial charge in [-0.2, -0.15) is 0 Å². The number of rotatable bonds is 4. The zero-order valence-electron chi connectivity index (χ0n) is 11.9. The Morgan fingerprint density at radius 1 is 1.55 bits per heavy atom. The molecule has 110 valence electrons. The minimum atomic E-state index is -0.425. The summed E-state index contributed by atoms with van der Waals surface area (Å²) in [4.78, 5) is 14.3. The lowest BCUT2D eigenvalue weighted by molar-refractivity contribution is 0.0648. The zero-order chi connectivity index (χ0) is 14.7. The number of aliphatic hydroxyl groups excluding tert-OH is 1. The zero-order valence-corrected chi connectivity index (χ0v) is 11.9. The van der Waals surface area contributed by atoms with E-state index in [1.807, 2.05) is 13.8 Å². The van der Waals surface area contributed by atoms with E-state index in [0.29, 0.717) is 18.7 Å². The first-order valence-corrected chi connectivity index (χ1v) is 7.04. The Morgan fingerprint density at radius 2 is 2.30 bits per heavy atom. The average Bonchev–Trinajstić information content (AvgIpc) is 2.81. The summed E-state index contributed by atoms with van der Waals surface area (Å²) < 4.78 is 13.9. The topological polar surface area (TPSA) is 52.6 Å². The van der Waals surface area contributed by atoms with E-state index in [0.717, 1.165) is 6.42 Å². The van der Waals surface area contributed by atoms with Gasteiger partial charge in [0, 0.05) is 13.1 Å². The summed E-state index contributed by atoms with van der Waals surface area (Å²) >= 11 is 0. The van der Waals surface area contributed by atoms with Crippen LogP contribution in [-0.2, 0) is 0 Å². The van der Waals surface area contributed by atoms with Gasteiger partial charge in [-0.3, -0.25) is 4.79 Å². The van der Waals surface area contributed by atoms with Crippen LogP contribution in [0.3, 0.4) is 0 Å². The molecule has 0 aliphatic carbocycles. The number of carbonyl (C=O) groups excluding carboxylic acids is 1. The number of para-hydroxylation sites is 1. The predicted molar refractivity (Wildman–Crippen MR) is 76.3 cm³/mol. The molecule has 1 amide bonds. The van der Waals surface area contributed by atoms with Gasteiger partial charge in [-0.1, -0.05) is 13.0 Å². The van der Waals surface area contributed by atoms with Crippen molar-refractivity contribution in [3.05, 3.63) is 29.6 Å². The van der Waals surface area contributed by atoms with E-state index in [-0.39, 0.29) is 30.2 Å². The van der Waals surface area contributed by atoms with Crippen molar-refractivity contribution in [1.29, 1.82) is 0 Å². The normalized spacial score (nSPS) is 22.1. The highest BCUT2D eigenvalue weighted by Crippen LogP contribution is 2.28. The van der Waals surface area contributed by atoms with Gasteiger partial charge in [0.2, 0.25) is 0 Å². The van der Waals surface area contributed by atoms with Crippen LogP contribution >= 0.6 is 0 Å². The van der Waals surface area contributed by atoms with E-state index in [9.17, 15) is 14.3 Å². The molecule has 0 saturated carbocycles. The van der Waals surface area contributed by atoms with Gasteiger partial charge >= 0.3 is 0 Å². The molecular weight excluding hydrogens is 259 g/mol. The Labute approximate surface area is 118 Å². The van der Waals surface area contributed by atoms with Gasteiger partial charge in [0.25, 0.3) is 5.91 Å². The molecule has 1 aliphatic heterocycles. The van der Waals surface area contributed by atoms with Crippen LogP contribution in [0.2, 0.25) is 0 Å². The van der Waals surface area contributed by atoms with Crippen molar-refractivity contribution in [2.45, 2.75) is 26.3 Å². The highest BCUT2D eigenvalue weighted by molar-refractivity contribution is 6.00. The Bertz CT molecular complexity index is 493. The van der Waals surface area contributed by atoms with Crippen molar-refractivity contribution in [2.75, 3.05) is 25.0 Å². The molecule has 2 atom stereocenters. The molecule has 1 fully saturated rings. The van der Waals surface area contributed by atoms with Gasteiger partial charge in [-0.05, 0) is 31.4 Å². The molecule has 1 heterocycles. The summed E-state index contributed by atoms with van der Waals surface area (Å²) in [5.41, 5.74) is 0.579. The van der Waals surface area contributed by atoms with Crippen LogP contribution in [0.4, 0.5) is 10.1 Å². The van der Waals surface area contributed by atoms with Crippen molar-refractivity contribution < 1.29 is 14.3 Å². The maximum absolute atomic E-state index is 13.9. The minimum absolute atomic E-state index is 0.0568. The quantitative estimate of drug-likeness (QED) is 0.888. The number of benzene rings is 1. The van der Waals surface area contributed by atoms with Crippen molar-refractivity contribution in [3.63, 3.8) is 0 Å². The van der Waals surface area contributed by atoms with Gasteiger partial charge in [0.1, 0.15) is 5.82 Å². The lowest BCUT2D eigenvalue weighted by Gasteiger charge is -2.26. The number of hydrogen-bond donors (Lipinski definition) is 2. The molecule has 0 aromatic heterocycles. The lowest BCUT2D eigenvalue weighted by Crippen LogP contribution is -2.40. The number of amides is 1. The SMILES string of the molecule is CCNc1c(F)cccc1C(=O)N1CCC(C)C1CO. The maximum Gasteiger partial charge on any atom is 0.256 e. The van der Waals surface area contributed by atoms with Crippen LogP contribution in [0.5, 0.6) is 0 Å². The van der Waals surface area contributed by atoms with Crippen molar-refractivity contribution >= 4 is 11.6 Å². The lowest BCUT2D eigenvalue weighted by atomic mass is 10.0. The Hall–Kier alpha value is -1.62. The van der Waals surface area contributed by atoms with Gasteiger partial charge in [-0.15, -0.1) is 0 Å². The highest BCUT2D eigenvalue weighted by Gasteiger charge is 2.35. The van der Waals surface area contributed by atoms with Crippen LogP contribution in [0.1, 0.15) is 30.6 Å². The van der Waals surface area contributed by atoms with Crippen LogP contribution < -0.4 is 5.32 Å². The summed E-state index contributed by atoms with van der Waals surface area (Å²) in [5.74, 6) is -0.380. The maximum atomic E-state index is 13.9. The third-order valence-electron chi connectivity index (χ3n) is 3.93. The Kier molecular flexibility index (Phi) is 4.60. The van der Waals surface area contributed by atoms with E-state index < -0.39 is 5.82 Å². The van der Waals surface area contributed by atoms with Crippen LogP contribution in [0, 0.1) is 11.7 Å². The number of halogens is 1. The number of anilines is 1. The first-order valence-electron chi connectivity index (χ1n) is 7.04. The van der Waals surface area contributed by atoms with E-state index in [2.05, 4.69) is 5.32 Å². The predicted octanol–water partition coefficient (Wildman–Crippen LogP) is 2.10.